The molecular formula is C13H14BrFN2O3. The molecule has 5 nitrogen and oxygen atoms in total. The Labute approximate surface area is 124 Å². The van der Waals surface area contributed by atoms with E-state index in [9.17, 15) is 19.3 Å². The summed E-state index contributed by atoms with van der Waals surface area (Å²) in [6, 6.07) is 2.94. The predicted octanol–water partition coefficient (Wildman–Crippen LogP) is 2.98. The van der Waals surface area contributed by atoms with Gasteiger partial charge in [0.1, 0.15) is 5.82 Å². The van der Waals surface area contributed by atoms with Gasteiger partial charge < -0.3 is 4.90 Å². The molecule has 7 heteroatoms. The molecule has 1 aromatic rings. The number of non-ortho nitro benzene ring substituents is 1. The summed E-state index contributed by atoms with van der Waals surface area (Å²) >= 11 is 3.48. The summed E-state index contributed by atoms with van der Waals surface area (Å²) in [4.78, 5) is 24.1. The van der Waals surface area contributed by atoms with E-state index < -0.39 is 22.3 Å². The number of hydrogen-bond donors (Lipinski definition) is 0. The fourth-order valence-electron chi connectivity index (χ4n) is 2.30. The zero-order chi connectivity index (χ0) is 14.9. The van der Waals surface area contributed by atoms with Gasteiger partial charge in [0.25, 0.3) is 11.6 Å². The molecule has 0 N–H and O–H groups in total. The zero-order valence-electron chi connectivity index (χ0n) is 10.9. The van der Waals surface area contributed by atoms with Crippen molar-refractivity contribution in [1.29, 1.82) is 0 Å². The number of halogens is 2. The quantitative estimate of drug-likeness (QED) is 0.479. The molecule has 0 bridgehead atoms. The number of rotatable bonds is 4. The van der Waals surface area contributed by atoms with E-state index in [0.29, 0.717) is 17.3 Å². The lowest BCUT2D eigenvalue weighted by Crippen LogP contribution is -2.37. The number of nitro benzene ring substituents is 1. The number of nitrogens with zero attached hydrogens (tertiary/aromatic N) is 2. The Morgan fingerprint density at radius 3 is 2.70 bits per heavy atom. The van der Waals surface area contributed by atoms with Crippen molar-refractivity contribution in [3.05, 3.63) is 39.7 Å². The summed E-state index contributed by atoms with van der Waals surface area (Å²) < 4.78 is 13.3. The van der Waals surface area contributed by atoms with Crippen LogP contribution in [-0.2, 0) is 0 Å². The van der Waals surface area contributed by atoms with Crippen molar-refractivity contribution in [3.8, 4) is 0 Å². The second-order valence-electron chi connectivity index (χ2n) is 5.08. The zero-order valence-corrected chi connectivity index (χ0v) is 12.5. The lowest BCUT2D eigenvalue weighted by atomic mass is 9.85. The molecule has 1 aliphatic carbocycles. The predicted molar refractivity (Wildman–Crippen MR) is 75.5 cm³/mol. The van der Waals surface area contributed by atoms with Gasteiger partial charge in [-0.05, 0) is 24.8 Å². The second kappa shape index (κ2) is 5.87. The molecule has 1 aliphatic rings. The molecular weight excluding hydrogens is 331 g/mol. The minimum atomic E-state index is -0.778. The van der Waals surface area contributed by atoms with Crippen LogP contribution in [0, 0.1) is 21.8 Å². The molecule has 0 radical (unpaired) electrons. The first-order valence-corrected chi connectivity index (χ1v) is 7.13. The van der Waals surface area contributed by atoms with Crippen LogP contribution in [0.5, 0.6) is 0 Å². The van der Waals surface area contributed by atoms with Crippen LogP contribution in [0.4, 0.5) is 10.1 Å². The number of carbonyl (C=O) groups excluding carboxylic acids is 1. The highest BCUT2D eigenvalue weighted by Gasteiger charge is 2.29. The second-order valence-corrected chi connectivity index (χ2v) is 6.37. The van der Waals surface area contributed by atoms with Crippen LogP contribution in [0.15, 0.2) is 18.2 Å². The molecule has 0 saturated heterocycles. The molecule has 1 fully saturated rings. The minimum absolute atomic E-state index is 0.00826. The molecule has 108 valence electrons. The summed E-state index contributed by atoms with van der Waals surface area (Å²) in [5.41, 5.74) is -0.403. The van der Waals surface area contributed by atoms with Crippen molar-refractivity contribution in [2.75, 3.05) is 13.6 Å². The van der Waals surface area contributed by atoms with Crippen molar-refractivity contribution in [1.82, 2.24) is 4.90 Å². The maximum atomic E-state index is 13.3. The van der Waals surface area contributed by atoms with Gasteiger partial charge in [-0.3, -0.25) is 14.9 Å². The van der Waals surface area contributed by atoms with Crippen LogP contribution in [0.3, 0.4) is 0 Å². The molecule has 0 spiro atoms. The number of carbonyl (C=O) groups is 1. The lowest BCUT2D eigenvalue weighted by molar-refractivity contribution is -0.385. The van der Waals surface area contributed by atoms with E-state index in [2.05, 4.69) is 15.9 Å². The Hall–Kier alpha value is -1.50. The van der Waals surface area contributed by atoms with Crippen molar-refractivity contribution in [2.24, 2.45) is 5.92 Å². The number of alkyl halides is 1. The normalized spacial score (nSPS) is 21.1. The van der Waals surface area contributed by atoms with E-state index in [1.54, 1.807) is 7.05 Å². The Bertz CT molecular complexity index is 546. The highest BCUT2D eigenvalue weighted by molar-refractivity contribution is 9.09. The van der Waals surface area contributed by atoms with Crippen LogP contribution in [-0.4, -0.2) is 34.2 Å². The van der Waals surface area contributed by atoms with Crippen molar-refractivity contribution >= 4 is 27.5 Å². The maximum absolute atomic E-state index is 13.3. The van der Waals surface area contributed by atoms with E-state index >= 15 is 0 Å². The third kappa shape index (κ3) is 3.33. The minimum Gasteiger partial charge on any atom is -0.341 e. The molecule has 0 aliphatic heterocycles. The lowest BCUT2D eigenvalue weighted by Gasteiger charge is -2.34. The molecule has 20 heavy (non-hydrogen) atoms. The summed E-state index contributed by atoms with van der Waals surface area (Å²) in [6.07, 6.45) is 2.00. The number of nitro groups is 1. The number of hydrogen-bond acceptors (Lipinski definition) is 3. The highest BCUT2D eigenvalue weighted by Crippen LogP contribution is 2.33. The molecule has 0 heterocycles. The molecule has 0 aromatic heterocycles. The number of benzene rings is 1. The number of amides is 1. The fourth-order valence-corrected chi connectivity index (χ4v) is 3.35. The largest absolute Gasteiger partial charge is 0.341 e. The molecule has 1 amide bonds. The van der Waals surface area contributed by atoms with Gasteiger partial charge in [0.05, 0.1) is 11.0 Å². The van der Waals surface area contributed by atoms with Gasteiger partial charge in [0.2, 0.25) is 0 Å². The molecule has 1 saturated carbocycles. The van der Waals surface area contributed by atoms with E-state index in [1.807, 2.05) is 0 Å². The Kier molecular flexibility index (Phi) is 4.37. The van der Waals surface area contributed by atoms with Crippen LogP contribution < -0.4 is 0 Å². The van der Waals surface area contributed by atoms with Crippen molar-refractivity contribution in [2.45, 2.75) is 17.7 Å². The Balaban J connectivity index is 2.09. The standard InChI is InChI=1S/C13H14BrFN2O3/c1-16(7-8-2-10(14)3-8)13(18)9-4-11(15)6-12(5-9)17(19)20/h4-6,8,10H,2-3,7H2,1H3. The maximum Gasteiger partial charge on any atom is 0.273 e. The van der Waals surface area contributed by atoms with Crippen LogP contribution in [0.1, 0.15) is 23.2 Å². The van der Waals surface area contributed by atoms with Gasteiger partial charge in [-0.2, -0.15) is 0 Å². The van der Waals surface area contributed by atoms with Gasteiger partial charge in [-0.25, -0.2) is 4.39 Å². The first-order chi connectivity index (χ1) is 9.36. The first kappa shape index (κ1) is 14.9. The monoisotopic (exact) mass is 344 g/mol. The van der Waals surface area contributed by atoms with Crippen LogP contribution >= 0.6 is 15.9 Å². The molecule has 0 unspecified atom stereocenters. The topological polar surface area (TPSA) is 63.5 Å². The van der Waals surface area contributed by atoms with Crippen molar-refractivity contribution < 1.29 is 14.1 Å². The SMILES string of the molecule is CN(CC1CC(Br)C1)C(=O)c1cc(F)cc([N+](=O)[O-])c1. The van der Waals surface area contributed by atoms with Gasteiger partial charge in [-0.1, -0.05) is 15.9 Å². The average molecular weight is 345 g/mol. The Morgan fingerprint density at radius 2 is 2.15 bits per heavy atom. The molecule has 0 atom stereocenters. The molecule has 1 aromatic carbocycles. The van der Waals surface area contributed by atoms with Crippen LogP contribution in [0.2, 0.25) is 0 Å². The smallest absolute Gasteiger partial charge is 0.273 e. The summed E-state index contributed by atoms with van der Waals surface area (Å²) in [7, 11) is 1.63. The summed E-state index contributed by atoms with van der Waals surface area (Å²) in [5.74, 6) is -0.748. The third-order valence-corrected chi connectivity index (χ3v) is 4.14. The van der Waals surface area contributed by atoms with Gasteiger partial charge >= 0.3 is 0 Å². The van der Waals surface area contributed by atoms with E-state index in [1.165, 1.54) is 4.90 Å². The average Bonchev–Trinajstić information content (AvgIpc) is 2.35. The van der Waals surface area contributed by atoms with Gasteiger partial charge in [-0.15, -0.1) is 0 Å². The van der Waals surface area contributed by atoms with E-state index in [0.717, 1.165) is 31.0 Å². The van der Waals surface area contributed by atoms with Crippen molar-refractivity contribution in [3.63, 3.8) is 0 Å². The summed E-state index contributed by atoms with van der Waals surface area (Å²) in [6.45, 7) is 0.575. The third-order valence-electron chi connectivity index (χ3n) is 3.40. The van der Waals surface area contributed by atoms with E-state index in [-0.39, 0.29) is 5.56 Å². The first-order valence-electron chi connectivity index (χ1n) is 6.21. The highest BCUT2D eigenvalue weighted by atomic mass is 79.9. The van der Waals surface area contributed by atoms with Crippen LogP contribution in [0.25, 0.3) is 0 Å². The molecule has 2 rings (SSSR count). The Morgan fingerprint density at radius 1 is 1.50 bits per heavy atom. The van der Waals surface area contributed by atoms with Gasteiger partial charge in [0, 0.05) is 30.0 Å². The van der Waals surface area contributed by atoms with Gasteiger partial charge in [0.15, 0.2) is 0 Å². The van der Waals surface area contributed by atoms with E-state index in [4.69, 9.17) is 0 Å². The summed E-state index contributed by atoms with van der Waals surface area (Å²) in [5, 5.41) is 10.7. The fraction of sp³-hybridized carbons (Fsp3) is 0.462.